The van der Waals surface area contributed by atoms with Crippen molar-refractivity contribution in [3.8, 4) is 0 Å². The van der Waals surface area contributed by atoms with Crippen molar-refractivity contribution >= 4 is 5.69 Å². The quantitative estimate of drug-likeness (QED) is 0.672. The van der Waals surface area contributed by atoms with Crippen molar-refractivity contribution in [2.45, 2.75) is 13.3 Å². The Bertz CT molecular complexity index is 346. The Balaban J connectivity index is 3.43. The second-order valence-electron chi connectivity index (χ2n) is 2.41. The van der Waals surface area contributed by atoms with Gasteiger partial charge in [0, 0.05) is 6.20 Å². The molecule has 0 saturated carbocycles. The first kappa shape index (κ1) is 8.70. The van der Waals surface area contributed by atoms with E-state index in [4.69, 9.17) is 5.73 Å². The van der Waals surface area contributed by atoms with Crippen LogP contribution in [-0.4, -0.2) is 4.98 Å². The highest BCUT2D eigenvalue weighted by Gasteiger charge is 2.16. The molecule has 0 atom stereocenters. The van der Waals surface area contributed by atoms with E-state index in [1.807, 2.05) is 0 Å². The van der Waals surface area contributed by atoms with Crippen LogP contribution in [0, 0.1) is 6.92 Å². The molecule has 1 aromatic rings. The summed E-state index contributed by atoms with van der Waals surface area (Å²) in [6.07, 6.45) is -1.57. The van der Waals surface area contributed by atoms with Crippen molar-refractivity contribution in [2.75, 3.05) is 5.73 Å². The van der Waals surface area contributed by atoms with Gasteiger partial charge in [-0.1, -0.05) is 0 Å². The van der Waals surface area contributed by atoms with Gasteiger partial charge in [-0.05, 0) is 12.5 Å². The second kappa shape index (κ2) is 2.92. The number of nitrogen functional groups attached to an aromatic ring is 1. The average Bonchev–Trinajstić information content (AvgIpc) is 1.97. The molecule has 1 aromatic heterocycles. The van der Waals surface area contributed by atoms with Crippen LogP contribution in [0.2, 0.25) is 0 Å². The van der Waals surface area contributed by atoms with E-state index in [-0.39, 0.29) is 11.3 Å². The molecule has 0 amide bonds. The van der Waals surface area contributed by atoms with Gasteiger partial charge < -0.3 is 10.7 Å². The minimum atomic E-state index is -2.78. The number of nitrogens with two attached hydrogens (primary N) is 1. The third-order valence-electron chi connectivity index (χ3n) is 1.66. The van der Waals surface area contributed by atoms with E-state index in [0.717, 1.165) is 0 Å². The van der Waals surface area contributed by atoms with Crippen LogP contribution in [0.1, 0.15) is 17.6 Å². The fraction of sp³-hybridized carbons (Fsp3) is 0.286. The summed E-state index contributed by atoms with van der Waals surface area (Å²) < 4.78 is 24.4. The molecule has 3 nitrogen and oxygen atoms in total. The molecule has 1 heterocycles. The number of anilines is 1. The average molecular weight is 174 g/mol. The number of pyridine rings is 1. The lowest BCUT2D eigenvalue weighted by molar-refractivity contribution is 0.149. The highest BCUT2D eigenvalue weighted by Crippen LogP contribution is 2.21. The van der Waals surface area contributed by atoms with Gasteiger partial charge >= 0.3 is 0 Å². The number of nitrogens with one attached hydrogen (secondary N) is 1. The Kier molecular flexibility index (Phi) is 2.12. The van der Waals surface area contributed by atoms with Gasteiger partial charge in [-0.15, -0.1) is 0 Å². The third-order valence-corrected chi connectivity index (χ3v) is 1.66. The highest BCUT2D eigenvalue weighted by atomic mass is 19.3. The molecule has 0 aromatic carbocycles. The predicted octanol–water partition coefficient (Wildman–Crippen LogP) is 1.20. The van der Waals surface area contributed by atoms with E-state index in [1.54, 1.807) is 0 Å². The lowest BCUT2D eigenvalue weighted by Gasteiger charge is -2.04. The fourth-order valence-electron chi connectivity index (χ4n) is 0.918. The first-order valence-electron chi connectivity index (χ1n) is 3.30. The largest absolute Gasteiger partial charge is 0.397 e. The van der Waals surface area contributed by atoms with Gasteiger partial charge in [0.15, 0.2) is 0 Å². The van der Waals surface area contributed by atoms with Crippen molar-refractivity contribution < 1.29 is 8.78 Å². The van der Waals surface area contributed by atoms with E-state index in [2.05, 4.69) is 4.98 Å². The van der Waals surface area contributed by atoms with Gasteiger partial charge in [-0.3, -0.25) is 4.79 Å². The zero-order valence-corrected chi connectivity index (χ0v) is 6.40. The Hall–Kier alpha value is -1.39. The fourth-order valence-corrected chi connectivity index (χ4v) is 0.918. The first-order valence-corrected chi connectivity index (χ1v) is 3.30. The van der Waals surface area contributed by atoms with Gasteiger partial charge in [0.05, 0.1) is 11.3 Å². The van der Waals surface area contributed by atoms with Crippen molar-refractivity contribution in [1.29, 1.82) is 0 Å². The van der Waals surface area contributed by atoms with Crippen molar-refractivity contribution in [2.24, 2.45) is 0 Å². The Morgan fingerprint density at radius 1 is 1.58 bits per heavy atom. The molecule has 0 saturated heterocycles. The van der Waals surface area contributed by atoms with Crippen LogP contribution in [0.25, 0.3) is 0 Å². The molecule has 0 fully saturated rings. The topological polar surface area (TPSA) is 58.9 Å². The molecule has 0 aliphatic heterocycles. The number of hydrogen-bond donors (Lipinski definition) is 2. The van der Waals surface area contributed by atoms with E-state index in [1.165, 1.54) is 13.1 Å². The zero-order valence-electron chi connectivity index (χ0n) is 6.40. The summed E-state index contributed by atoms with van der Waals surface area (Å²) in [6.45, 7) is 1.39. The van der Waals surface area contributed by atoms with Crippen LogP contribution in [0.15, 0.2) is 11.0 Å². The SMILES string of the molecule is Cc1c(N)c[nH]c(=O)c1C(F)F. The maximum absolute atomic E-state index is 12.2. The Morgan fingerprint density at radius 2 is 2.17 bits per heavy atom. The summed E-state index contributed by atoms with van der Waals surface area (Å²) in [5.41, 5.74) is 4.31. The summed E-state index contributed by atoms with van der Waals surface area (Å²) in [7, 11) is 0. The summed E-state index contributed by atoms with van der Waals surface area (Å²) in [6, 6.07) is 0. The van der Waals surface area contributed by atoms with E-state index in [9.17, 15) is 13.6 Å². The molecule has 0 aliphatic carbocycles. The molecule has 0 aliphatic rings. The standard InChI is InChI=1S/C7H8F2N2O/c1-3-4(10)2-11-7(12)5(3)6(8)9/h2,6H,10H2,1H3,(H,11,12). The number of H-pyrrole nitrogens is 1. The molecule has 0 bridgehead atoms. The Morgan fingerprint density at radius 3 is 2.58 bits per heavy atom. The first-order chi connectivity index (χ1) is 5.54. The van der Waals surface area contributed by atoms with Crippen LogP contribution >= 0.6 is 0 Å². The zero-order chi connectivity index (χ0) is 9.30. The predicted molar refractivity (Wildman–Crippen MR) is 41.2 cm³/mol. The molecular formula is C7H8F2N2O. The van der Waals surface area contributed by atoms with E-state index < -0.39 is 17.5 Å². The number of alkyl halides is 2. The van der Waals surface area contributed by atoms with Crippen LogP contribution in [0.3, 0.4) is 0 Å². The van der Waals surface area contributed by atoms with Gasteiger partial charge in [0.2, 0.25) is 0 Å². The van der Waals surface area contributed by atoms with Crippen LogP contribution in [0.5, 0.6) is 0 Å². The number of aromatic amines is 1. The van der Waals surface area contributed by atoms with Crippen LogP contribution in [0.4, 0.5) is 14.5 Å². The maximum Gasteiger partial charge on any atom is 0.269 e. The van der Waals surface area contributed by atoms with Crippen LogP contribution < -0.4 is 11.3 Å². The van der Waals surface area contributed by atoms with Gasteiger partial charge in [-0.2, -0.15) is 0 Å². The van der Waals surface area contributed by atoms with Gasteiger partial charge in [-0.25, -0.2) is 8.78 Å². The highest BCUT2D eigenvalue weighted by molar-refractivity contribution is 5.47. The number of rotatable bonds is 1. The summed E-state index contributed by atoms with van der Waals surface area (Å²) in [4.78, 5) is 13.0. The van der Waals surface area contributed by atoms with E-state index >= 15 is 0 Å². The molecule has 5 heteroatoms. The normalized spacial score (nSPS) is 10.7. The lowest BCUT2D eigenvalue weighted by atomic mass is 10.1. The summed E-state index contributed by atoms with van der Waals surface area (Å²) in [5.74, 6) is 0. The Labute approximate surface area is 67.2 Å². The molecule has 0 radical (unpaired) electrons. The molecule has 12 heavy (non-hydrogen) atoms. The molecule has 0 spiro atoms. The second-order valence-corrected chi connectivity index (χ2v) is 2.41. The van der Waals surface area contributed by atoms with E-state index in [0.29, 0.717) is 0 Å². The summed E-state index contributed by atoms with van der Waals surface area (Å²) >= 11 is 0. The molecule has 66 valence electrons. The van der Waals surface area contributed by atoms with Crippen molar-refractivity contribution in [3.63, 3.8) is 0 Å². The summed E-state index contributed by atoms with van der Waals surface area (Å²) in [5, 5.41) is 0. The molecular weight excluding hydrogens is 166 g/mol. The van der Waals surface area contributed by atoms with Crippen LogP contribution in [-0.2, 0) is 0 Å². The molecule has 3 N–H and O–H groups in total. The lowest BCUT2D eigenvalue weighted by Crippen LogP contribution is -2.15. The number of aromatic nitrogens is 1. The number of halogens is 2. The molecule has 1 rings (SSSR count). The maximum atomic E-state index is 12.2. The van der Waals surface area contributed by atoms with Crippen molar-refractivity contribution in [3.05, 3.63) is 27.7 Å². The van der Waals surface area contributed by atoms with Crippen molar-refractivity contribution in [1.82, 2.24) is 4.98 Å². The van der Waals surface area contributed by atoms with Gasteiger partial charge in [0.1, 0.15) is 0 Å². The minimum Gasteiger partial charge on any atom is -0.397 e. The monoisotopic (exact) mass is 174 g/mol. The smallest absolute Gasteiger partial charge is 0.269 e. The molecule has 0 unspecified atom stereocenters. The third kappa shape index (κ3) is 1.30. The van der Waals surface area contributed by atoms with Gasteiger partial charge in [0.25, 0.3) is 12.0 Å². The number of hydrogen-bond acceptors (Lipinski definition) is 2. The minimum absolute atomic E-state index is 0.147.